The number of nitrogens with zero attached hydrogens (tertiary/aromatic N) is 5. The Labute approximate surface area is 144 Å². The summed E-state index contributed by atoms with van der Waals surface area (Å²) in [6, 6.07) is 9.47. The van der Waals surface area contributed by atoms with Crippen molar-refractivity contribution >= 4 is 34.0 Å². The summed E-state index contributed by atoms with van der Waals surface area (Å²) in [6.07, 6.45) is 0. The maximum absolute atomic E-state index is 13.3. The highest BCUT2D eigenvalue weighted by atomic mass is 32.2. The van der Waals surface area contributed by atoms with Crippen LogP contribution >= 0.6 is 23.1 Å². The van der Waals surface area contributed by atoms with Crippen LogP contribution < -0.4 is 5.32 Å². The van der Waals surface area contributed by atoms with Crippen LogP contribution in [0.5, 0.6) is 0 Å². The smallest absolute Gasteiger partial charge is 0.235 e. The zero-order valence-corrected chi connectivity index (χ0v) is 13.6. The zero-order valence-electron chi connectivity index (χ0n) is 12.0. The maximum Gasteiger partial charge on any atom is 0.235 e. The molecule has 1 amide bonds. The number of benzene rings is 1. The molecule has 0 saturated carbocycles. The largest absolute Gasteiger partial charge is 0.316 e. The van der Waals surface area contributed by atoms with E-state index in [4.69, 9.17) is 5.26 Å². The van der Waals surface area contributed by atoms with Gasteiger partial charge in [-0.1, -0.05) is 17.8 Å². The molecule has 0 unspecified atom stereocenters. The fourth-order valence-corrected chi connectivity index (χ4v) is 3.27. The van der Waals surface area contributed by atoms with Gasteiger partial charge in [0.15, 0.2) is 0 Å². The lowest BCUT2D eigenvalue weighted by Crippen LogP contribution is -2.14. The molecular weight excluding hydrogens is 351 g/mol. The minimum absolute atomic E-state index is 0.0540. The molecule has 0 aliphatic heterocycles. The lowest BCUT2D eigenvalue weighted by Gasteiger charge is -2.05. The van der Waals surface area contributed by atoms with Crippen LogP contribution in [0.2, 0.25) is 0 Å². The molecule has 1 aromatic carbocycles. The Morgan fingerprint density at radius 2 is 2.33 bits per heavy atom. The van der Waals surface area contributed by atoms with Crippen LogP contribution in [0.4, 0.5) is 9.39 Å². The van der Waals surface area contributed by atoms with Gasteiger partial charge in [0.25, 0.3) is 0 Å². The predicted molar refractivity (Wildman–Crippen MR) is 87.5 cm³/mol. The third-order valence-electron chi connectivity index (χ3n) is 2.86. The Kier molecular flexibility index (Phi) is 4.83. The number of amides is 1. The number of hydrogen-bond donors (Lipinski definition) is 1. The van der Waals surface area contributed by atoms with E-state index in [1.165, 1.54) is 28.2 Å². The van der Waals surface area contributed by atoms with E-state index in [1.54, 1.807) is 23.6 Å². The monoisotopic (exact) mass is 360 g/mol. The SMILES string of the molecule is N#Cc1ccsc1NC(=O)CSc1nnnn1-c1cccc(F)c1. The van der Waals surface area contributed by atoms with Gasteiger partial charge >= 0.3 is 0 Å². The number of rotatable bonds is 5. The van der Waals surface area contributed by atoms with Gasteiger partial charge in [0.1, 0.15) is 16.9 Å². The molecule has 3 rings (SSSR count). The second-order valence-corrected chi connectivity index (χ2v) is 6.32. The number of thioether (sulfide) groups is 1. The van der Waals surface area contributed by atoms with Gasteiger partial charge in [-0.25, -0.2) is 4.39 Å². The van der Waals surface area contributed by atoms with E-state index in [9.17, 15) is 9.18 Å². The summed E-state index contributed by atoms with van der Waals surface area (Å²) in [6.45, 7) is 0. The van der Waals surface area contributed by atoms with Crippen molar-refractivity contribution in [2.24, 2.45) is 0 Å². The first-order chi connectivity index (χ1) is 11.7. The van der Waals surface area contributed by atoms with Crippen LogP contribution in [0.3, 0.4) is 0 Å². The lowest BCUT2D eigenvalue weighted by atomic mass is 10.3. The zero-order chi connectivity index (χ0) is 16.9. The Bertz CT molecular complexity index is 916. The molecule has 24 heavy (non-hydrogen) atoms. The Morgan fingerprint density at radius 1 is 1.46 bits per heavy atom. The second-order valence-electron chi connectivity index (χ2n) is 4.47. The molecule has 2 heterocycles. The number of nitrogens with one attached hydrogen (secondary N) is 1. The molecule has 10 heteroatoms. The Morgan fingerprint density at radius 3 is 3.12 bits per heavy atom. The van der Waals surface area contributed by atoms with Crippen molar-refractivity contribution < 1.29 is 9.18 Å². The van der Waals surface area contributed by atoms with Crippen LogP contribution in [0.1, 0.15) is 5.56 Å². The summed E-state index contributed by atoms with van der Waals surface area (Å²) >= 11 is 2.39. The van der Waals surface area contributed by atoms with Crippen molar-refractivity contribution in [1.29, 1.82) is 5.26 Å². The maximum atomic E-state index is 13.3. The fraction of sp³-hybridized carbons (Fsp3) is 0.0714. The van der Waals surface area contributed by atoms with Gasteiger partial charge in [0, 0.05) is 0 Å². The Balaban J connectivity index is 1.67. The molecule has 0 atom stereocenters. The van der Waals surface area contributed by atoms with Crippen molar-refractivity contribution in [2.45, 2.75) is 5.16 Å². The molecule has 3 aromatic rings. The van der Waals surface area contributed by atoms with Gasteiger partial charge in [-0.05, 0) is 40.1 Å². The summed E-state index contributed by atoms with van der Waals surface area (Å²) in [4.78, 5) is 12.0. The third-order valence-corrected chi connectivity index (χ3v) is 4.61. The summed E-state index contributed by atoms with van der Waals surface area (Å²) in [5, 5.41) is 25.4. The second kappa shape index (κ2) is 7.20. The number of carbonyl (C=O) groups is 1. The number of hydrogen-bond acceptors (Lipinski definition) is 7. The van der Waals surface area contributed by atoms with Crippen LogP contribution in [0, 0.1) is 17.1 Å². The first kappa shape index (κ1) is 16.1. The number of carbonyl (C=O) groups excluding carboxylic acids is 1. The highest BCUT2D eigenvalue weighted by Gasteiger charge is 2.13. The van der Waals surface area contributed by atoms with E-state index in [-0.39, 0.29) is 11.7 Å². The van der Waals surface area contributed by atoms with Crippen molar-refractivity contribution in [3.63, 3.8) is 0 Å². The predicted octanol–water partition coefficient (Wildman–Crippen LogP) is 2.47. The summed E-state index contributed by atoms with van der Waals surface area (Å²) in [7, 11) is 0. The first-order valence-electron chi connectivity index (χ1n) is 6.62. The van der Waals surface area contributed by atoms with Crippen molar-refractivity contribution in [3.05, 3.63) is 47.1 Å². The van der Waals surface area contributed by atoms with Crippen molar-refractivity contribution in [2.75, 3.05) is 11.1 Å². The van der Waals surface area contributed by atoms with E-state index >= 15 is 0 Å². The summed E-state index contributed by atoms with van der Waals surface area (Å²) < 4.78 is 14.7. The van der Waals surface area contributed by atoms with E-state index in [0.29, 0.717) is 21.4 Å². The van der Waals surface area contributed by atoms with Gasteiger partial charge in [-0.15, -0.1) is 16.4 Å². The average Bonchev–Trinajstić information content (AvgIpc) is 3.21. The van der Waals surface area contributed by atoms with E-state index in [0.717, 1.165) is 11.8 Å². The minimum atomic E-state index is -0.404. The van der Waals surface area contributed by atoms with Gasteiger partial charge in [-0.3, -0.25) is 4.79 Å². The normalized spacial score (nSPS) is 10.3. The Hall–Kier alpha value is -2.77. The van der Waals surface area contributed by atoms with Crippen LogP contribution in [0.25, 0.3) is 5.69 Å². The molecule has 2 aromatic heterocycles. The van der Waals surface area contributed by atoms with Crippen molar-refractivity contribution in [1.82, 2.24) is 20.2 Å². The molecule has 120 valence electrons. The standard InChI is InChI=1S/C14H9FN6OS2/c15-10-2-1-3-11(6-10)21-14(18-19-20-21)24-8-12(22)17-13-9(7-16)4-5-23-13/h1-6H,8H2,(H,17,22). The highest BCUT2D eigenvalue weighted by Crippen LogP contribution is 2.23. The van der Waals surface area contributed by atoms with Crippen molar-refractivity contribution in [3.8, 4) is 11.8 Å². The molecule has 0 saturated heterocycles. The van der Waals surface area contributed by atoms with Crippen LogP contribution in [-0.2, 0) is 4.79 Å². The van der Waals surface area contributed by atoms with E-state index in [2.05, 4.69) is 20.8 Å². The number of nitriles is 1. The van der Waals surface area contributed by atoms with Crippen LogP contribution in [-0.4, -0.2) is 31.9 Å². The molecular formula is C14H9FN6OS2. The van der Waals surface area contributed by atoms with E-state index in [1.807, 2.05) is 6.07 Å². The molecule has 0 radical (unpaired) electrons. The van der Waals surface area contributed by atoms with Gasteiger partial charge in [0.05, 0.1) is 17.0 Å². The topological polar surface area (TPSA) is 96.5 Å². The van der Waals surface area contributed by atoms with Crippen LogP contribution in [0.15, 0.2) is 40.9 Å². The average molecular weight is 360 g/mol. The fourth-order valence-electron chi connectivity index (χ4n) is 1.83. The molecule has 1 N–H and O–H groups in total. The van der Waals surface area contributed by atoms with Gasteiger partial charge < -0.3 is 5.32 Å². The number of tetrazole rings is 1. The lowest BCUT2D eigenvalue weighted by molar-refractivity contribution is -0.113. The number of anilines is 1. The first-order valence-corrected chi connectivity index (χ1v) is 8.48. The molecule has 0 fully saturated rings. The van der Waals surface area contributed by atoms with Gasteiger partial charge in [0.2, 0.25) is 11.1 Å². The minimum Gasteiger partial charge on any atom is -0.316 e. The quantitative estimate of drug-likeness (QED) is 0.702. The third kappa shape index (κ3) is 3.58. The van der Waals surface area contributed by atoms with E-state index < -0.39 is 5.82 Å². The highest BCUT2D eigenvalue weighted by molar-refractivity contribution is 7.99. The molecule has 0 aliphatic carbocycles. The summed E-state index contributed by atoms with van der Waals surface area (Å²) in [5.74, 6) is -0.635. The summed E-state index contributed by atoms with van der Waals surface area (Å²) in [5.41, 5.74) is 0.885. The number of thiophene rings is 1. The molecule has 7 nitrogen and oxygen atoms in total. The van der Waals surface area contributed by atoms with Gasteiger partial charge in [-0.2, -0.15) is 9.94 Å². The molecule has 0 bridgehead atoms. The molecule has 0 spiro atoms. The number of halogens is 1. The molecule has 0 aliphatic rings. The number of aromatic nitrogens is 4.